The highest BCUT2D eigenvalue weighted by molar-refractivity contribution is 5.87. The van der Waals surface area contributed by atoms with Gasteiger partial charge in [0.25, 0.3) is 0 Å². The zero-order valence-electron chi connectivity index (χ0n) is 8.30. The van der Waals surface area contributed by atoms with Crippen LogP contribution in [0.3, 0.4) is 0 Å². The van der Waals surface area contributed by atoms with Crippen LogP contribution in [0.2, 0.25) is 0 Å². The maximum Gasteiger partial charge on any atom is 0.333 e. The molecule has 1 aliphatic rings. The van der Waals surface area contributed by atoms with Crippen molar-refractivity contribution in [2.75, 3.05) is 13.2 Å². The molecule has 0 aromatic carbocycles. The van der Waals surface area contributed by atoms with Gasteiger partial charge in [-0.2, -0.15) is 0 Å². The van der Waals surface area contributed by atoms with E-state index < -0.39 is 0 Å². The summed E-state index contributed by atoms with van der Waals surface area (Å²) in [4.78, 5) is 11.2. The van der Waals surface area contributed by atoms with Gasteiger partial charge in [0, 0.05) is 11.6 Å². The lowest BCUT2D eigenvalue weighted by molar-refractivity contribution is -0.138. The van der Waals surface area contributed by atoms with Gasteiger partial charge in [-0.15, -0.1) is 0 Å². The van der Waals surface area contributed by atoms with Crippen LogP contribution >= 0.6 is 0 Å². The minimum atomic E-state index is -0.198. The molecule has 1 rings (SSSR count). The molecule has 0 saturated carbocycles. The molecule has 1 heterocycles. The van der Waals surface area contributed by atoms with Crippen LogP contribution in [0, 0.1) is 0 Å². The van der Waals surface area contributed by atoms with E-state index in [0.717, 1.165) is 13.0 Å². The van der Waals surface area contributed by atoms with Gasteiger partial charge in [-0.1, -0.05) is 6.08 Å². The molecule has 0 aromatic rings. The van der Waals surface area contributed by atoms with Crippen LogP contribution in [0.5, 0.6) is 0 Å². The highest BCUT2D eigenvalue weighted by atomic mass is 16.5. The molecule has 1 N–H and O–H groups in total. The van der Waals surface area contributed by atoms with Crippen molar-refractivity contribution in [3.8, 4) is 0 Å². The highest BCUT2D eigenvalue weighted by Crippen LogP contribution is 2.09. The summed E-state index contributed by atoms with van der Waals surface area (Å²) in [6, 6.07) is 0.365. The van der Waals surface area contributed by atoms with E-state index in [1.165, 1.54) is 6.42 Å². The summed E-state index contributed by atoms with van der Waals surface area (Å²) < 4.78 is 4.88. The molecule has 74 valence electrons. The van der Waals surface area contributed by atoms with E-state index in [4.69, 9.17) is 4.74 Å². The number of rotatable bonds is 3. The lowest BCUT2D eigenvalue weighted by Crippen LogP contribution is -2.20. The molecule has 0 amide bonds. The summed E-state index contributed by atoms with van der Waals surface area (Å²) in [5.74, 6) is -0.198. The highest BCUT2D eigenvalue weighted by Gasteiger charge is 2.13. The fourth-order valence-electron chi connectivity index (χ4n) is 1.47. The second kappa shape index (κ2) is 5.02. The number of hydrogen-bond acceptors (Lipinski definition) is 3. The molecule has 1 fully saturated rings. The van der Waals surface area contributed by atoms with Crippen LogP contribution in [0.1, 0.15) is 26.7 Å². The molecule has 3 nitrogen and oxygen atoms in total. The molecule has 13 heavy (non-hydrogen) atoms. The number of hydrogen-bond donors (Lipinski definition) is 1. The third-order valence-electron chi connectivity index (χ3n) is 2.15. The Morgan fingerprint density at radius 1 is 1.69 bits per heavy atom. The smallest absolute Gasteiger partial charge is 0.333 e. The lowest BCUT2D eigenvalue weighted by atomic mass is 10.1. The fraction of sp³-hybridized carbons (Fsp3) is 0.700. The van der Waals surface area contributed by atoms with Gasteiger partial charge >= 0.3 is 5.97 Å². The molecule has 0 spiro atoms. The van der Waals surface area contributed by atoms with Gasteiger partial charge in [0.1, 0.15) is 0 Å². The zero-order chi connectivity index (χ0) is 9.68. The normalized spacial score (nSPS) is 23.2. The second-order valence-corrected chi connectivity index (χ2v) is 3.27. The first-order valence-electron chi connectivity index (χ1n) is 4.83. The molecule has 1 aliphatic heterocycles. The van der Waals surface area contributed by atoms with E-state index in [9.17, 15) is 4.79 Å². The quantitative estimate of drug-likeness (QED) is 0.528. The Hall–Kier alpha value is -0.830. The fourth-order valence-corrected chi connectivity index (χ4v) is 1.47. The summed E-state index contributed by atoms with van der Waals surface area (Å²) in [7, 11) is 0. The summed E-state index contributed by atoms with van der Waals surface area (Å²) >= 11 is 0. The first-order valence-corrected chi connectivity index (χ1v) is 4.83. The van der Waals surface area contributed by atoms with Crippen molar-refractivity contribution in [1.29, 1.82) is 0 Å². The topological polar surface area (TPSA) is 38.3 Å². The molecule has 3 heteroatoms. The van der Waals surface area contributed by atoms with E-state index >= 15 is 0 Å². The Kier molecular flexibility index (Phi) is 3.96. The molecule has 0 aromatic heterocycles. The average molecular weight is 183 g/mol. The Morgan fingerprint density at radius 2 is 2.46 bits per heavy atom. The average Bonchev–Trinajstić information content (AvgIpc) is 2.57. The Balaban J connectivity index is 2.44. The summed E-state index contributed by atoms with van der Waals surface area (Å²) in [5, 5.41) is 3.30. The Morgan fingerprint density at radius 3 is 3.00 bits per heavy atom. The van der Waals surface area contributed by atoms with Gasteiger partial charge in [0.05, 0.1) is 6.61 Å². The maximum atomic E-state index is 11.2. The molecule has 0 radical (unpaired) electrons. The van der Waals surface area contributed by atoms with Crippen LogP contribution in [0.15, 0.2) is 11.6 Å². The number of nitrogens with one attached hydrogen (secondary N) is 1. The second-order valence-electron chi connectivity index (χ2n) is 3.27. The van der Waals surface area contributed by atoms with Gasteiger partial charge in [0.15, 0.2) is 0 Å². The van der Waals surface area contributed by atoms with Crippen LogP contribution in [-0.4, -0.2) is 25.2 Å². The predicted octanol–water partition coefficient (Wildman–Crippen LogP) is 1.25. The Bertz CT molecular complexity index is 205. The van der Waals surface area contributed by atoms with Gasteiger partial charge in [0.2, 0.25) is 0 Å². The van der Waals surface area contributed by atoms with E-state index in [0.29, 0.717) is 18.2 Å². The van der Waals surface area contributed by atoms with Crippen LogP contribution in [0.4, 0.5) is 0 Å². The SMILES string of the molecule is CCOC(=O)/C(C)=C\[C@@H]1CCCN1. The van der Waals surface area contributed by atoms with Crippen molar-refractivity contribution in [2.45, 2.75) is 32.7 Å². The van der Waals surface area contributed by atoms with Crippen molar-refractivity contribution < 1.29 is 9.53 Å². The van der Waals surface area contributed by atoms with Crippen molar-refractivity contribution in [1.82, 2.24) is 5.32 Å². The van der Waals surface area contributed by atoms with Gasteiger partial charge < -0.3 is 10.1 Å². The summed E-state index contributed by atoms with van der Waals surface area (Å²) in [6.45, 7) is 5.12. The first-order chi connectivity index (χ1) is 6.24. The van der Waals surface area contributed by atoms with Crippen molar-refractivity contribution in [3.63, 3.8) is 0 Å². The largest absolute Gasteiger partial charge is 0.463 e. The maximum absolute atomic E-state index is 11.2. The summed E-state index contributed by atoms with van der Waals surface area (Å²) in [6.07, 6.45) is 4.28. The van der Waals surface area contributed by atoms with E-state index in [1.54, 1.807) is 6.92 Å². The minimum absolute atomic E-state index is 0.198. The van der Waals surface area contributed by atoms with Crippen molar-refractivity contribution in [2.24, 2.45) is 0 Å². The monoisotopic (exact) mass is 183 g/mol. The number of esters is 1. The molecular weight excluding hydrogens is 166 g/mol. The first kappa shape index (κ1) is 10.3. The molecule has 1 saturated heterocycles. The van der Waals surface area contributed by atoms with Crippen LogP contribution in [-0.2, 0) is 9.53 Å². The molecule has 0 bridgehead atoms. The van der Waals surface area contributed by atoms with Gasteiger partial charge in [-0.25, -0.2) is 4.79 Å². The minimum Gasteiger partial charge on any atom is -0.463 e. The molecular formula is C10H17NO2. The lowest BCUT2D eigenvalue weighted by Gasteiger charge is -2.06. The standard InChI is InChI=1S/C10H17NO2/c1-3-13-10(12)8(2)7-9-5-4-6-11-9/h7,9,11H,3-6H2,1-2H3/b8-7-/t9-/m0/s1. The third kappa shape index (κ3) is 3.19. The van der Waals surface area contributed by atoms with E-state index in [2.05, 4.69) is 5.32 Å². The number of carbonyl (C=O) groups excluding carboxylic acids is 1. The molecule has 0 unspecified atom stereocenters. The van der Waals surface area contributed by atoms with E-state index in [1.807, 2.05) is 13.0 Å². The number of ether oxygens (including phenoxy) is 1. The van der Waals surface area contributed by atoms with Crippen molar-refractivity contribution >= 4 is 5.97 Å². The Labute approximate surface area is 79.2 Å². The van der Waals surface area contributed by atoms with Gasteiger partial charge in [-0.05, 0) is 33.2 Å². The van der Waals surface area contributed by atoms with Crippen molar-refractivity contribution in [3.05, 3.63) is 11.6 Å². The van der Waals surface area contributed by atoms with E-state index in [-0.39, 0.29) is 5.97 Å². The molecule has 1 atom stereocenters. The summed E-state index contributed by atoms with van der Waals surface area (Å²) in [5.41, 5.74) is 0.709. The van der Waals surface area contributed by atoms with Gasteiger partial charge in [-0.3, -0.25) is 0 Å². The third-order valence-corrected chi connectivity index (χ3v) is 2.15. The van der Waals surface area contributed by atoms with Crippen LogP contribution in [0.25, 0.3) is 0 Å². The number of carbonyl (C=O) groups is 1. The van der Waals surface area contributed by atoms with Crippen LogP contribution < -0.4 is 5.32 Å². The molecule has 0 aliphatic carbocycles. The predicted molar refractivity (Wildman–Crippen MR) is 51.4 cm³/mol. The zero-order valence-corrected chi connectivity index (χ0v) is 8.30.